The third-order valence-corrected chi connectivity index (χ3v) is 8.37. The first-order valence-corrected chi connectivity index (χ1v) is 13.9. The lowest BCUT2D eigenvalue weighted by molar-refractivity contribution is -0.122. The molecular weight excluding hydrogens is 502 g/mol. The van der Waals surface area contributed by atoms with E-state index < -0.39 is 0 Å². The van der Waals surface area contributed by atoms with Crippen LogP contribution in [-0.4, -0.2) is 57.8 Å². The van der Waals surface area contributed by atoms with Crippen molar-refractivity contribution in [3.63, 3.8) is 0 Å². The van der Waals surface area contributed by atoms with Crippen LogP contribution < -0.4 is 10.5 Å². The number of benzene rings is 1. The van der Waals surface area contributed by atoms with Crippen LogP contribution in [0.5, 0.6) is 0 Å². The Hall–Kier alpha value is -2.93. The van der Waals surface area contributed by atoms with E-state index in [4.69, 9.17) is 12.2 Å². The summed E-state index contributed by atoms with van der Waals surface area (Å²) in [6.07, 6.45) is 3.60. The van der Waals surface area contributed by atoms with E-state index in [0.29, 0.717) is 27.9 Å². The molecule has 2 aliphatic rings. The second kappa shape index (κ2) is 11.6. The van der Waals surface area contributed by atoms with E-state index in [-0.39, 0.29) is 17.0 Å². The largest absolute Gasteiger partial charge is 0.355 e. The summed E-state index contributed by atoms with van der Waals surface area (Å²) in [5.41, 5.74) is 3.41. The number of hydrogen-bond acceptors (Lipinski definition) is 7. The highest BCUT2D eigenvalue weighted by Crippen LogP contribution is 2.37. The van der Waals surface area contributed by atoms with Crippen molar-refractivity contribution in [2.24, 2.45) is 0 Å². The lowest BCUT2D eigenvalue weighted by atomic mass is 10.0. The number of pyridine rings is 1. The molecule has 0 spiro atoms. The number of thiocarbonyl (C=S) groups is 1. The number of unbranched alkanes of at least 4 members (excludes halogenated alkanes) is 1. The molecule has 0 bridgehead atoms. The molecule has 4 rings (SSSR count). The summed E-state index contributed by atoms with van der Waals surface area (Å²) in [7, 11) is 2.09. The summed E-state index contributed by atoms with van der Waals surface area (Å²) in [4.78, 5) is 33.6. The zero-order chi connectivity index (χ0) is 26.7. The van der Waals surface area contributed by atoms with Gasteiger partial charge in [0.2, 0.25) is 0 Å². The van der Waals surface area contributed by atoms with Crippen molar-refractivity contribution < 1.29 is 4.79 Å². The number of carbonyl (C=O) groups excluding carboxylic acids is 1. The van der Waals surface area contributed by atoms with Crippen molar-refractivity contribution in [2.45, 2.75) is 46.7 Å². The van der Waals surface area contributed by atoms with Crippen LogP contribution in [0.25, 0.3) is 6.08 Å². The lowest BCUT2D eigenvalue weighted by Gasteiger charge is -2.36. The van der Waals surface area contributed by atoms with Crippen molar-refractivity contribution in [3.8, 4) is 6.07 Å². The Balaban J connectivity index is 1.80. The summed E-state index contributed by atoms with van der Waals surface area (Å²) in [5, 5.41) is 9.88. The van der Waals surface area contributed by atoms with Crippen molar-refractivity contribution in [1.82, 2.24) is 14.4 Å². The number of aromatic nitrogens is 1. The molecule has 1 aromatic heterocycles. The number of likely N-dealkylation sites (N-methyl/N-ethyl adjacent to an activating group) is 1. The highest BCUT2D eigenvalue weighted by Gasteiger charge is 2.33. The highest BCUT2D eigenvalue weighted by molar-refractivity contribution is 8.26. The van der Waals surface area contributed by atoms with Gasteiger partial charge in [-0.1, -0.05) is 67.2 Å². The average molecular weight is 536 g/mol. The van der Waals surface area contributed by atoms with Crippen LogP contribution in [0.2, 0.25) is 0 Å². The predicted molar refractivity (Wildman–Crippen MR) is 155 cm³/mol. The molecule has 1 amide bonds. The zero-order valence-electron chi connectivity index (χ0n) is 21.9. The summed E-state index contributed by atoms with van der Waals surface area (Å²) < 4.78 is 2.26. The molecule has 2 aromatic rings. The van der Waals surface area contributed by atoms with E-state index in [0.717, 1.165) is 61.5 Å². The number of nitriles is 1. The fraction of sp³-hybridized carbons (Fsp3) is 0.429. The molecule has 0 saturated carbocycles. The molecule has 37 heavy (non-hydrogen) atoms. The third kappa shape index (κ3) is 5.66. The standard InChI is InChI=1S/C28H33N5O2S2/c1-5-6-11-32-25(31-14-12-30(4)13-15-31)22(20(3)23(17-29)26(32)34)16-24-27(35)33(28(36)37-24)18-21-9-7-19(2)8-10-21/h7-10,16H,5-6,11-15,18H2,1-4H3/b24-16+. The van der Waals surface area contributed by atoms with Gasteiger partial charge < -0.3 is 9.80 Å². The number of carbonyl (C=O) groups is 1. The summed E-state index contributed by atoms with van der Waals surface area (Å²) >= 11 is 6.87. The third-order valence-electron chi connectivity index (χ3n) is 6.99. The minimum atomic E-state index is -0.258. The van der Waals surface area contributed by atoms with Gasteiger partial charge in [0, 0.05) is 38.3 Å². The molecule has 0 atom stereocenters. The normalized spacial score (nSPS) is 17.6. The van der Waals surface area contributed by atoms with Gasteiger partial charge in [-0.25, -0.2) is 0 Å². The van der Waals surface area contributed by atoms with E-state index in [9.17, 15) is 14.9 Å². The quantitative estimate of drug-likeness (QED) is 0.387. The van der Waals surface area contributed by atoms with E-state index >= 15 is 0 Å². The Kier molecular flexibility index (Phi) is 8.53. The molecule has 3 heterocycles. The number of hydrogen-bond donors (Lipinski definition) is 0. The molecule has 2 aliphatic heterocycles. The maximum atomic E-state index is 13.5. The van der Waals surface area contributed by atoms with Crippen molar-refractivity contribution in [2.75, 3.05) is 38.1 Å². The zero-order valence-corrected chi connectivity index (χ0v) is 23.5. The number of thioether (sulfide) groups is 1. The van der Waals surface area contributed by atoms with Crippen LogP contribution in [0.1, 0.15) is 47.6 Å². The predicted octanol–water partition coefficient (Wildman–Crippen LogP) is 4.29. The van der Waals surface area contributed by atoms with Gasteiger partial charge in [0.05, 0.1) is 11.4 Å². The molecule has 0 N–H and O–H groups in total. The van der Waals surface area contributed by atoms with Gasteiger partial charge in [0.1, 0.15) is 21.8 Å². The van der Waals surface area contributed by atoms with Gasteiger partial charge in [-0.2, -0.15) is 5.26 Å². The number of piperazine rings is 1. The maximum Gasteiger partial charge on any atom is 0.270 e. The average Bonchev–Trinajstić information content (AvgIpc) is 3.14. The Labute approximate surface area is 228 Å². The summed E-state index contributed by atoms with van der Waals surface area (Å²) in [6.45, 7) is 10.1. The van der Waals surface area contributed by atoms with Crippen LogP contribution in [0.4, 0.5) is 5.82 Å². The minimum Gasteiger partial charge on any atom is -0.355 e. The fourth-order valence-electron chi connectivity index (χ4n) is 4.67. The number of anilines is 1. The number of nitrogens with zero attached hydrogens (tertiary/aromatic N) is 5. The van der Waals surface area contributed by atoms with Crippen molar-refractivity contribution in [3.05, 3.63) is 67.3 Å². The molecular formula is C28H33N5O2S2. The summed E-state index contributed by atoms with van der Waals surface area (Å²) in [5.74, 6) is 0.649. The molecule has 0 unspecified atom stereocenters. The molecule has 1 aromatic carbocycles. The van der Waals surface area contributed by atoms with Gasteiger partial charge in [-0.15, -0.1) is 0 Å². The van der Waals surface area contributed by atoms with Crippen LogP contribution in [0, 0.1) is 25.2 Å². The Morgan fingerprint density at radius 3 is 2.41 bits per heavy atom. The Bertz CT molecular complexity index is 1330. The maximum absolute atomic E-state index is 13.5. The molecule has 7 nitrogen and oxygen atoms in total. The first-order chi connectivity index (χ1) is 17.7. The fourth-order valence-corrected chi connectivity index (χ4v) is 5.91. The SMILES string of the molecule is CCCCn1c(N2CCN(C)CC2)c(/C=C2/SC(=S)N(Cc3ccc(C)cc3)C2=O)c(C)c(C#N)c1=O. The Morgan fingerprint density at radius 1 is 1.11 bits per heavy atom. The minimum absolute atomic E-state index is 0.135. The lowest BCUT2D eigenvalue weighted by Crippen LogP contribution is -2.47. The number of rotatable bonds is 7. The van der Waals surface area contributed by atoms with Crippen LogP contribution in [-0.2, 0) is 17.9 Å². The molecule has 194 valence electrons. The molecule has 9 heteroatoms. The van der Waals surface area contributed by atoms with Crippen molar-refractivity contribution >= 4 is 46.1 Å². The monoisotopic (exact) mass is 535 g/mol. The second-order valence-electron chi connectivity index (χ2n) is 9.70. The van der Waals surface area contributed by atoms with Crippen molar-refractivity contribution in [1.29, 1.82) is 5.26 Å². The van der Waals surface area contributed by atoms with E-state index in [1.54, 1.807) is 9.47 Å². The first kappa shape index (κ1) is 27.1. The van der Waals surface area contributed by atoms with Gasteiger partial charge in [0.25, 0.3) is 11.5 Å². The van der Waals surface area contributed by atoms with Crippen LogP contribution >= 0.6 is 24.0 Å². The summed E-state index contributed by atoms with van der Waals surface area (Å²) in [6, 6.07) is 10.2. The highest BCUT2D eigenvalue weighted by atomic mass is 32.2. The van der Waals surface area contributed by atoms with E-state index in [1.807, 2.05) is 44.2 Å². The molecule has 0 radical (unpaired) electrons. The molecule has 2 fully saturated rings. The van der Waals surface area contributed by atoms with Gasteiger partial charge in [0.15, 0.2) is 0 Å². The smallest absolute Gasteiger partial charge is 0.270 e. The van der Waals surface area contributed by atoms with Crippen LogP contribution in [0.3, 0.4) is 0 Å². The first-order valence-electron chi connectivity index (χ1n) is 12.7. The molecule has 0 aliphatic carbocycles. The van der Waals surface area contributed by atoms with Gasteiger partial charge in [-0.05, 0) is 44.5 Å². The number of aryl methyl sites for hydroxylation is 1. The van der Waals surface area contributed by atoms with Gasteiger partial charge >= 0.3 is 0 Å². The van der Waals surface area contributed by atoms with Crippen LogP contribution in [0.15, 0.2) is 34.0 Å². The second-order valence-corrected chi connectivity index (χ2v) is 11.4. The topological polar surface area (TPSA) is 72.6 Å². The van der Waals surface area contributed by atoms with E-state index in [2.05, 4.69) is 29.8 Å². The number of amides is 1. The van der Waals surface area contributed by atoms with E-state index in [1.165, 1.54) is 11.8 Å². The van der Waals surface area contributed by atoms with Gasteiger partial charge in [-0.3, -0.25) is 19.1 Å². The molecule has 2 saturated heterocycles. The Morgan fingerprint density at radius 2 is 1.78 bits per heavy atom.